The summed E-state index contributed by atoms with van der Waals surface area (Å²) >= 11 is 0. The summed E-state index contributed by atoms with van der Waals surface area (Å²) in [6.45, 7) is 0.527. The van der Waals surface area contributed by atoms with E-state index < -0.39 is 0 Å². The first-order valence-electron chi connectivity index (χ1n) is 4.84. The topological polar surface area (TPSA) is 24.9 Å². The third-order valence-electron chi connectivity index (χ3n) is 2.11. The van der Waals surface area contributed by atoms with Crippen molar-refractivity contribution >= 4 is 5.82 Å². The molecule has 4 heteroatoms. The minimum absolute atomic E-state index is 0.261. The maximum absolute atomic E-state index is 12.6. The van der Waals surface area contributed by atoms with Gasteiger partial charge in [0.15, 0.2) is 0 Å². The van der Waals surface area contributed by atoms with Crippen LogP contribution in [0, 0.1) is 11.6 Å². The molecule has 2 rings (SSSR count). The average Bonchev–Trinajstić information content (AvgIpc) is 2.30. The number of aromatic nitrogens is 1. The zero-order valence-electron chi connectivity index (χ0n) is 8.45. The van der Waals surface area contributed by atoms with Gasteiger partial charge in [0.1, 0.15) is 17.5 Å². The van der Waals surface area contributed by atoms with Gasteiger partial charge >= 0.3 is 0 Å². The van der Waals surface area contributed by atoms with Crippen LogP contribution in [-0.2, 0) is 6.54 Å². The molecule has 82 valence electrons. The monoisotopic (exact) mass is 220 g/mol. The SMILES string of the molecule is Fc1ccc(CNc2ccc(F)cn2)cc1. The van der Waals surface area contributed by atoms with Crippen molar-refractivity contribution in [3.8, 4) is 0 Å². The lowest BCUT2D eigenvalue weighted by molar-refractivity contribution is 0.621. The second-order valence-electron chi connectivity index (χ2n) is 3.34. The van der Waals surface area contributed by atoms with E-state index in [4.69, 9.17) is 0 Å². The van der Waals surface area contributed by atoms with Crippen LogP contribution in [0.1, 0.15) is 5.56 Å². The van der Waals surface area contributed by atoms with E-state index in [0.29, 0.717) is 12.4 Å². The average molecular weight is 220 g/mol. The fraction of sp³-hybridized carbons (Fsp3) is 0.0833. The summed E-state index contributed by atoms with van der Waals surface area (Å²) in [5.74, 6) is -0.0401. The maximum atomic E-state index is 12.6. The standard InChI is InChI=1S/C12H10F2N2/c13-10-3-1-9(2-4-10)7-15-12-6-5-11(14)8-16-12/h1-6,8H,7H2,(H,15,16). The molecule has 0 aliphatic rings. The first-order valence-corrected chi connectivity index (χ1v) is 4.84. The highest BCUT2D eigenvalue weighted by Crippen LogP contribution is 2.07. The fourth-order valence-corrected chi connectivity index (χ4v) is 1.28. The summed E-state index contributed by atoms with van der Waals surface area (Å²) in [6.07, 6.45) is 1.15. The van der Waals surface area contributed by atoms with Crippen LogP contribution >= 0.6 is 0 Å². The smallest absolute Gasteiger partial charge is 0.141 e. The molecule has 0 radical (unpaired) electrons. The number of halogens is 2. The van der Waals surface area contributed by atoms with Gasteiger partial charge in [-0.05, 0) is 29.8 Å². The summed E-state index contributed by atoms with van der Waals surface area (Å²) in [7, 11) is 0. The Morgan fingerprint density at radius 2 is 1.62 bits per heavy atom. The zero-order valence-corrected chi connectivity index (χ0v) is 8.45. The summed E-state index contributed by atoms with van der Waals surface area (Å²) in [5.41, 5.74) is 0.938. The highest BCUT2D eigenvalue weighted by Gasteiger charge is 1.96. The molecule has 1 aromatic heterocycles. The van der Waals surface area contributed by atoms with Gasteiger partial charge in [-0.25, -0.2) is 13.8 Å². The van der Waals surface area contributed by atoms with E-state index in [1.165, 1.54) is 18.2 Å². The first kappa shape index (κ1) is 10.5. The minimum atomic E-state index is -0.368. The van der Waals surface area contributed by atoms with Crippen molar-refractivity contribution in [2.24, 2.45) is 0 Å². The van der Waals surface area contributed by atoms with E-state index in [-0.39, 0.29) is 11.6 Å². The third-order valence-corrected chi connectivity index (χ3v) is 2.11. The van der Waals surface area contributed by atoms with Crippen LogP contribution in [0.4, 0.5) is 14.6 Å². The summed E-state index contributed by atoms with van der Waals surface area (Å²) in [5, 5.41) is 3.01. The number of anilines is 1. The van der Waals surface area contributed by atoms with E-state index in [1.807, 2.05) is 0 Å². The lowest BCUT2D eigenvalue weighted by Crippen LogP contribution is -2.01. The highest BCUT2D eigenvalue weighted by atomic mass is 19.1. The molecule has 1 aromatic carbocycles. The van der Waals surface area contributed by atoms with E-state index in [2.05, 4.69) is 10.3 Å². The van der Waals surface area contributed by atoms with Crippen molar-refractivity contribution in [1.29, 1.82) is 0 Å². The molecule has 0 bridgehead atoms. The fourth-order valence-electron chi connectivity index (χ4n) is 1.28. The number of hydrogen-bond acceptors (Lipinski definition) is 2. The van der Waals surface area contributed by atoms with Gasteiger partial charge in [-0.15, -0.1) is 0 Å². The molecule has 0 aliphatic heterocycles. The number of nitrogens with one attached hydrogen (secondary N) is 1. The molecule has 0 atom stereocenters. The number of nitrogens with zero attached hydrogens (tertiary/aromatic N) is 1. The van der Waals surface area contributed by atoms with Crippen LogP contribution < -0.4 is 5.32 Å². The minimum Gasteiger partial charge on any atom is -0.366 e. The van der Waals surface area contributed by atoms with Gasteiger partial charge in [0, 0.05) is 6.54 Å². The quantitative estimate of drug-likeness (QED) is 0.860. The van der Waals surface area contributed by atoms with Gasteiger partial charge in [0.05, 0.1) is 6.20 Å². The lowest BCUT2D eigenvalue weighted by Gasteiger charge is -2.05. The number of hydrogen-bond donors (Lipinski definition) is 1. The Morgan fingerprint density at radius 1 is 0.938 bits per heavy atom. The number of pyridine rings is 1. The summed E-state index contributed by atoms with van der Waals surface area (Å²) in [4.78, 5) is 3.85. The van der Waals surface area contributed by atoms with E-state index in [1.54, 1.807) is 18.2 Å². The predicted molar refractivity (Wildman–Crippen MR) is 57.9 cm³/mol. The van der Waals surface area contributed by atoms with Gasteiger partial charge in [-0.1, -0.05) is 12.1 Å². The molecular weight excluding hydrogens is 210 g/mol. The first-order chi connectivity index (χ1) is 7.74. The molecule has 0 unspecified atom stereocenters. The van der Waals surface area contributed by atoms with Crippen molar-refractivity contribution in [2.75, 3.05) is 5.32 Å². The number of rotatable bonds is 3. The zero-order chi connectivity index (χ0) is 11.4. The molecule has 1 N–H and O–H groups in total. The Bertz CT molecular complexity index is 406. The second kappa shape index (κ2) is 4.70. The Kier molecular flexibility index (Phi) is 3.10. The van der Waals surface area contributed by atoms with E-state index in [9.17, 15) is 8.78 Å². The largest absolute Gasteiger partial charge is 0.366 e. The summed E-state index contributed by atoms with van der Waals surface area (Å²) in [6, 6.07) is 9.06. The van der Waals surface area contributed by atoms with Crippen LogP contribution in [0.15, 0.2) is 42.6 Å². The molecule has 0 aliphatic carbocycles. The normalized spacial score (nSPS) is 10.1. The maximum Gasteiger partial charge on any atom is 0.141 e. The third kappa shape index (κ3) is 2.76. The molecule has 0 spiro atoms. The highest BCUT2D eigenvalue weighted by molar-refractivity contribution is 5.35. The van der Waals surface area contributed by atoms with Gasteiger partial charge in [0.25, 0.3) is 0 Å². The molecule has 0 fully saturated rings. The molecular formula is C12H10F2N2. The lowest BCUT2D eigenvalue weighted by atomic mass is 10.2. The molecule has 0 amide bonds. The number of benzene rings is 1. The van der Waals surface area contributed by atoms with Crippen molar-refractivity contribution in [1.82, 2.24) is 4.98 Å². The molecule has 2 aromatic rings. The second-order valence-corrected chi connectivity index (χ2v) is 3.34. The summed E-state index contributed by atoms with van der Waals surface area (Å²) < 4.78 is 25.2. The van der Waals surface area contributed by atoms with Crippen molar-refractivity contribution < 1.29 is 8.78 Å². The van der Waals surface area contributed by atoms with Gasteiger partial charge in [-0.3, -0.25) is 0 Å². The Balaban J connectivity index is 1.97. The molecule has 16 heavy (non-hydrogen) atoms. The Labute approximate surface area is 92.0 Å². The molecule has 0 saturated heterocycles. The van der Waals surface area contributed by atoms with Gasteiger partial charge in [0.2, 0.25) is 0 Å². The molecule has 0 saturated carbocycles. The van der Waals surface area contributed by atoms with Crippen LogP contribution in [0.5, 0.6) is 0 Å². The Hall–Kier alpha value is -1.97. The predicted octanol–water partition coefficient (Wildman–Crippen LogP) is 2.97. The molecule has 1 heterocycles. The van der Waals surface area contributed by atoms with Crippen molar-refractivity contribution in [3.63, 3.8) is 0 Å². The van der Waals surface area contributed by atoms with Crippen LogP contribution in [0.2, 0.25) is 0 Å². The van der Waals surface area contributed by atoms with Crippen LogP contribution in [0.3, 0.4) is 0 Å². The molecule has 2 nitrogen and oxygen atoms in total. The van der Waals surface area contributed by atoms with Crippen molar-refractivity contribution in [2.45, 2.75) is 6.54 Å². The van der Waals surface area contributed by atoms with E-state index in [0.717, 1.165) is 11.8 Å². The van der Waals surface area contributed by atoms with Crippen molar-refractivity contribution in [3.05, 3.63) is 59.8 Å². The van der Waals surface area contributed by atoms with Gasteiger partial charge in [-0.2, -0.15) is 0 Å². The van der Waals surface area contributed by atoms with Crippen LogP contribution in [-0.4, -0.2) is 4.98 Å². The van der Waals surface area contributed by atoms with E-state index >= 15 is 0 Å². The Morgan fingerprint density at radius 3 is 2.25 bits per heavy atom. The van der Waals surface area contributed by atoms with Crippen LogP contribution in [0.25, 0.3) is 0 Å². The van der Waals surface area contributed by atoms with Gasteiger partial charge < -0.3 is 5.32 Å².